The Morgan fingerprint density at radius 1 is 1.57 bits per heavy atom. The first-order valence-corrected chi connectivity index (χ1v) is 7.43. The molecule has 1 aliphatic carbocycles. The lowest BCUT2D eigenvalue weighted by Gasteiger charge is -2.49. The number of rotatable bonds is 3. The second kappa shape index (κ2) is 5.44. The van der Waals surface area contributed by atoms with E-state index in [0.717, 1.165) is 0 Å². The minimum absolute atomic E-state index is 0.0847. The maximum absolute atomic E-state index is 11.9. The summed E-state index contributed by atoms with van der Waals surface area (Å²) in [4.78, 5) is 23.8. The van der Waals surface area contributed by atoms with Gasteiger partial charge in [0.15, 0.2) is 0 Å². The summed E-state index contributed by atoms with van der Waals surface area (Å²) in [7, 11) is 1.30. The van der Waals surface area contributed by atoms with Crippen LogP contribution in [-0.4, -0.2) is 36.4 Å². The van der Waals surface area contributed by atoms with Gasteiger partial charge in [-0.3, -0.25) is 4.79 Å². The first kappa shape index (κ1) is 16.0. The van der Waals surface area contributed by atoms with Gasteiger partial charge < -0.3 is 14.6 Å². The van der Waals surface area contributed by atoms with E-state index >= 15 is 0 Å². The van der Waals surface area contributed by atoms with Crippen LogP contribution in [0.4, 0.5) is 0 Å². The van der Waals surface area contributed by atoms with Crippen molar-refractivity contribution in [2.45, 2.75) is 45.8 Å². The Hall–Kier alpha value is -1.36. The molecule has 0 radical (unpaired) electrons. The smallest absolute Gasteiger partial charge is 0.333 e. The third-order valence-corrected chi connectivity index (χ3v) is 5.57. The normalized spacial score (nSPS) is 42.1. The molecule has 5 nitrogen and oxygen atoms in total. The number of ether oxygens (including phenoxy) is 2. The Labute approximate surface area is 125 Å². The van der Waals surface area contributed by atoms with Gasteiger partial charge in [0.25, 0.3) is 0 Å². The van der Waals surface area contributed by atoms with Gasteiger partial charge in [0.2, 0.25) is 0 Å². The van der Waals surface area contributed by atoms with Crippen molar-refractivity contribution >= 4 is 11.9 Å². The highest BCUT2D eigenvalue weighted by Crippen LogP contribution is 2.54. The van der Waals surface area contributed by atoms with Gasteiger partial charge in [0, 0.05) is 22.8 Å². The summed E-state index contributed by atoms with van der Waals surface area (Å²) < 4.78 is 10.3. The SMILES string of the molecule is C=C(C(=O)OC)[C@@H]1[C@H]2OC(=O)[C@@H](C)[C@@H]2C[C@H](O)[C@@]1(C)CC. The molecule has 1 saturated carbocycles. The van der Waals surface area contributed by atoms with Crippen molar-refractivity contribution in [1.29, 1.82) is 0 Å². The number of aliphatic hydroxyl groups is 1. The van der Waals surface area contributed by atoms with Crippen LogP contribution in [0, 0.1) is 23.2 Å². The van der Waals surface area contributed by atoms with Crippen molar-refractivity contribution in [2.24, 2.45) is 23.2 Å². The first-order chi connectivity index (χ1) is 9.77. The van der Waals surface area contributed by atoms with Crippen LogP contribution in [0.1, 0.15) is 33.6 Å². The molecule has 5 heteroatoms. The molecule has 6 atom stereocenters. The van der Waals surface area contributed by atoms with Crippen molar-refractivity contribution in [3.63, 3.8) is 0 Å². The number of hydrogen-bond acceptors (Lipinski definition) is 5. The lowest BCUT2D eigenvalue weighted by atomic mass is 9.57. The fourth-order valence-corrected chi connectivity index (χ4v) is 3.86. The fraction of sp³-hybridized carbons (Fsp3) is 0.750. The highest BCUT2D eigenvalue weighted by atomic mass is 16.6. The molecule has 0 unspecified atom stereocenters. The first-order valence-electron chi connectivity index (χ1n) is 7.43. The van der Waals surface area contributed by atoms with Crippen molar-refractivity contribution in [3.05, 3.63) is 12.2 Å². The van der Waals surface area contributed by atoms with E-state index in [0.29, 0.717) is 12.8 Å². The van der Waals surface area contributed by atoms with Crippen molar-refractivity contribution in [3.8, 4) is 0 Å². The molecule has 0 aromatic rings. The molecule has 1 saturated heterocycles. The van der Waals surface area contributed by atoms with Gasteiger partial charge in [-0.05, 0) is 12.8 Å². The van der Waals surface area contributed by atoms with E-state index in [1.54, 1.807) is 0 Å². The van der Waals surface area contributed by atoms with Crippen LogP contribution in [0.15, 0.2) is 12.2 Å². The summed E-state index contributed by atoms with van der Waals surface area (Å²) in [5, 5.41) is 10.6. The maximum atomic E-state index is 11.9. The monoisotopic (exact) mass is 296 g/mol. The van der Waals surface area contributed by atoms with Gasteiger partial charge in [0.1, 0.15) is 6.10 Å². The topological polar surface area (TPSA) is 72.8 Å². The van der Waals surface area contributed by atoms with Crippen LogP contribution in [-0.2, 0) is 19.1 Å². The number of carbonyl (C=O) groups is 2. The molecule has 0 bridgehead atoms. The number of methoxy groups -OCH3 is 1. The van der Waals surface area contributed by atoms with Crippen LogP contribution in [0.5, 0.6) is 0 Å². The van der Waals surface area contributed by atoms with Crippen LogP contribution in [0.2, 0.25) is 0 Å². The molecule has 1 heterocycles. The van der Waals surface area contributed by atoms with Gasteiger partial charge in [-0.1, -0.05) is 27.4 Å². The van der Waals surface area contributed by atoms with E-state index in [1.807, 2.05) is 20.8 Å². The Kier molecular flexibility index (Phi) is 4.15. The third kappa shape index (κ3) is 2.27. The quantitative estimate of drug-likeness (QED) is 0.634. The van der Waals surface area contributed by atoms with Gasteiger partial charge >= 0.3 is 11.9 Å². The lowest BCUT2D eigenvalue weighted by molar-refractivity contribution is -0.155. The second-order valence-corrected chi connectivity index (χ2v) is 6.46. The molecular formula is C16H24O5. The third-order valence-electron chi connectivity index (χ3n) is 5.57. The molecule has 2 rings (SSSR count). The van der Waals surface area contributed by atoms with Gasteiger partial charge in [-0.2, -0.15) is 0 Å². The maximum Gasteiger partial charge on any atom is 0.333 e. The lowest BCUT2D eigenvalue weighted by Crippen LogP contribution is -2.53. The largest absolute Gasteiger partial charge is 0.466 e. The molecule has 0 aromatic carbocycles. The van der Waals surface area contributed by atoms with Gasteiger partial charge in [0.05, 0.1) is 19.1 Å². The van der Waals surface area contributed by atoms with Crippen molar-refractivity contribution in [2.75, 3.05) is 7.11 Å². The zero-order valence-electron chi connectivity index (χ0n) is 13.1. The summed E-state index contributed by atoms with van der Waals surface area (Å²) in [5.41, 5.74) is -0.283. The molecule has 2 fully saturated rings. The number of carbonyl (C=O) groups excluding carboxylic acids is 2. The number of fused-ring (bicyclic) bond motifs is 1. The molecule has 0 amide bonds. The number of hydrogen-bond donors (Lipinski definition) is 1. The zero-order valence-corrected chi connectivity index (χ0v) is 13.1. The Balaban J connectivity index is 2.45. The van der Waals surface area contributed by atoms with E-state index in [9.17, 15) is 14.7 Å². The van der Waals surface area contributed by atoms with Gasteiger partial charge in [-0.25, -0.2) is 4.79 Å². The highest BCUT2D eigenvalue weighted by molar-refractivity contribution is 5.89. The van der Waals surface area contributed by atoms with Gasteiger partial charge in [-0.15, -0.1) is 0 Å². The minimum Gasteiger partial charge on any atom is -0.466 e. The van der Waals surface area contributed by atoms with E-state index in [-0.39, 0.29) is 23.4 Å². The number of esters is 2. The Morgan fingerprint density at radius 3 is 2.71 bits per heavy atom. The molecule has 1 aliphatic heterocycles. The average Bonchev–Trinajstić information content (AvgIpc) is 2.74. The van der Waals surface area contributed by atoms with Crippen molar-refractivity contribution < 1.29 is 24.2 Å². The molecule has 118 valence electrons. The van der Waals surface area contributed by atoms with Crippen LogP contribution in [0.25, 0.3) is 0 Å². The highest BCUT2D eigenvalue weighted by Gasteiger charge is 2.59. The van der Waals surface area contributed by atoms with E-state index in [1.165, 1.54) is 7.11 Å². The molecule has 21 heavy (non-hydrogen) atoms. The standard InChI is InChI=1S/C16H24O5/c1-6-16(4)11(17)7-10-8(2)15(19)21-13(10)12(16)9(3)14(18)20-5/h8,10-13,17H,3,6-7H2,1-2,4-5H3/t8-,10-,11-,12+,13-,16+/m0/s1. The van der Waals surface area contributed by atoms with Crippen molar-refractivity contribution in [1.82, 2.24) is 0 Å². The molecular weight excluding hydrogens is 272 g/mol. The summed E-state index contributed by atoms with van der Waals surface area (Å²) in [6, 6.07) is 0. The fourth-order valence-electron chi connectivity index (χ4n) is 3.86. The van der Waals surface area contributed by atoms with Crippen LogP contribution in [0.3, 0.4) is 0 Å². The molecule has 2 aliphatic rings. The number of aliphatic hydroxyl groups excluding tert-OH is 1. The van der Waals surface area contributed by atoms with Crippen LogP contribution < -0.4 is 0 Å². The molecule has 1 N–H and O–H groups in total. The Morgan fingerprint density at radius 2 is 2.19 bits per heavy atom. The second-order valence-electron chi connectivity index (χ2n) is 6.46. The van der Waals surface area contributed by atoms with E-state index < -0.39 is 29.5 Å². The van der Waals surface area contributed by atoms with Crippen LogP contribution >= 0.6 is 0 Å². The van der Waals surface area contributed by atoms with E-state index in [4.69, 9.17) is 9.47 Å². The summed E-state index contributed by atoms with van der Waals surface area (Å²) in [6.07, 6.45) is 0.149. The summed E-state index contributed by atoms with van der Waals surface area (Å²) in [5.74, 6) is -1.54. The predicted octanol–water partition coefficient (Wildman–Crippen LogP) is 1.69. The molecule has 0 spiro atoms. The summed E-state index contributed by atoms with van der Waals surface area (Å²) >= 11 is 0. The minimum atomic E-state index is -0.605. The Bertz CT molecular complexity index is 471. The average molecular weight is 296 g/mol. The zero-order chi connectivity index (χ0) is 15.9. The van der Waals surface area contributed by atoms with E-state index in [2.05, 4.69) is 6.58 Å². The summed E-state index contributed by atoms with van der Waals surface area (Å²) in [6.45, 7) is 9.55. The predicted molar refractivity (Wildman–Crippen MR) is 76.2 cm³/mol. The molecule has 0 aromatic heterocycles.